The Hall–Kier alpha value is 0.270. The minimum Gasteiger partial charge on any atom is -0.312 e. The van der Waals surface area contributed by atoms with Gasteiger partial charge < -0.3 is 5.32 Å². The van der Waals surface area contributed by atoms with Crippen LogP contribution in [0.4, 0.5) is 0 Å². The van der Waals surface area contributed by atoms with Crippen molar-refractivity contribution in [2.75, 3.05) is 31.1 Å². The monoisotopic (exact) mass is 256 g/mol. The van der Waals surface area contributed by atoms with Gasteiger partial charge in [-0.25, -0.2) is 0 Å². The maximum Gasteiger partial charge on any atom is 0.0192 e. The molecular weight excluding hydrogens is 228 g/mol. The normalized spacial score (nSPS) is 26.6. The predicted molar refractivity (Wildman–Crippen MR) is 77.9 cm³/mol. The molecule has 0 spiro atoms. The molecule has 0 aromatic carbocycles. The zero-order valence-electron chi connectivity index (χ0n) is 11.3. The maximum atomic E-state index is 3.79. The molecule has 3 heteroatoms. The predicted octanol–water partition coefficient (Wildman–Crippen LogP) is 2.74. The van der Waals surface area contributed by atoms with Crippen molar-refractivity contribution in [2.24, 2.45) is 0 Å². The van der Waals surface area contributed by atoms with Crippen molar-refractivity contribution < 1.29 is 0 Å². The molecule has 1 atom stereocenters. The van der Waals surface area contributed by atoms with E-state index in [0.717, 1.165) is 12.1 Å². The summed E-state index contributed by atoms with van der Waals surface area (Å²) in [5, 5.41) is 3.79. The van der Waals surface area contributed by atoms with Gasteiger partial charge in [-0.3, -0.25) is 4.90 Å². The standard InChI is InChI=1S/C14H28N2S/c1-13(16-8-5-10-17-11-9-16)12-15-14-6-3-2-4-7-14/h13-15H,2-12H2,1H3. The van der Waals surface area contributed by atoms with Crippen molar-refractivity contribution in [3.05, 3.63) is 0 Å². The first-order valence-corrected chi connectivity index (χ1v) is 8.57. The first kappa shape index (κ1) is 13.7. The average Bonchev–Trinajstić information content (AvgIpc) is 2.66. The third-order valence-electron chi connectivity index (χ3n) is 4.19. The summed E-state index contributed by atoms with van der Waals surface area (Å²) in [5.74, 6) is 2.69. The van der Waals surface area contributed by atoms with E-state index in [0.29, 0.717) is 0 Å². The minimum absolute atomic E-state index is 0.718. The van der Waals surface area contributed by atoms with E-state index in [4.69, 9.17) is 0 Å². The lowest BCUT2D eigenvalue weighted by atomic mass is 9.95. The number of nitrogens with zero attached hydrogens (tertiary/aromatic N) is 1. The Morgan fingerprint density at radius 1 is 1.12 bits per heavy atom. The van der Waals surface area contributed by atoms with Crippen LogP contribution in [-0.2, 0) is 0 Å². The third kappa shape index (κ3) is 4.80. The second-order valence-corrected chi connectivity index (χ2v) is 6.82. The van der Waals surface area contributed by atoms with Crippen LogP contribution in [0.15, 0.2) is 0 Å². The number of nitrogens with one attached hydrogen (secondary N) is 1. The number of thioether (sulfide) groups is 1. The Morgan fingerprint density at radius 3 is 2.76 bits per heavy atom. The molecule has 0 aromatic heterocycles. The van der Waals surface area contributed by atoms with Crippen LogP contribution in [0.1, 0.15) is 45.4 Å². The molecule has 1 aliphatic heterocycles. The van der Waals surface area contributed by atoms with Crippen molar-refractivity contribution in [1.82, 2.24) is 10.2 Å². The van der Waals surface area contributed by atoms with Crippen LogP contribution in [0.3, 0.4) is 0 Å². The Morgan fingerprint density at radius 2 is 1.94 bits per heavy atom. The summed E-state index contributed by atoms with van der Waals surface area (Å²) >= 11 is 2.12. The van der Waals surface area contributed by atoms with Gasteiger partial charge in [-0.1, -0.05) is 19.3 Å². The van der Waals surface area contributed by atoms with Gasteiger partial charge in [0.2, 0.25) is 0 Å². The summed E-state index contributed by atoms with van der Waals surface area (Å²) in [7, 11) is 0. The molecule has 0 bridgehead atoms. The Bertz CT molecular complexity index is 196. The zero-order chi connectivity index (χ0) is 11.9. The largest absolute Gasteiger partial charge is 0.312 e. The first-order chi connectivity index (χ1) is 8.36. The quantitative estimate of drug-likeness (QED) is 0.832. The topological polar surface area (TPSA) is 15.3 Å². The molecule has 1 unspecified atom stereocenters. The second kappa shape index (κ2) is 7.65. The minimum atomic E-state index is 0.718. The third-order valence-corrected chi connectivity index (χ3v) is 5.24. The van der Waals surface area contributed by atoms with E-state index in [1.54, 1.807) is 0 Å². The van der Waals surface area contributed by atoms with Gasteiger partial charge in [0.15, 0.2) is 0 Å². The zero-order valence-corrected chi connectivity index (χ0v) is 12.1. The Balaban J connectivity index is 1.66. The van der Waals surface area contributed by atoms with E-state index >= 15 is 0 Å². The van der Waals surface area contributed by atoms with E-state index < -0.39 is 0 Å². The van der Waals surface area contributed by atoms with Crippen molar-refractivity contribution in [2.45, 2.75) is 57.5 Å². The highest BCUT2D eigenvalue weighted by Crippen LogP contribution is 2.18. The highest BCUT2D eigenvalue weighted by Gasteiger charge is 2.18. The van der Waals surface area contributed by atoms with Gasteiger partial charge in [-0.2, -0.15) is 11.8 Å². The smallest absolute Gasteiger partial charge is 0.0192 e. The molecule has 17 heavy (non-hydrogen) atoms. The van der Waals surface area contributed by atoms with Crippen LogP contribution < -0.4 is 5.32 Å². The van der Waals surface area contributed by atoms with Crippen molar-refractivity contribution in [3.8, 4) is 0 Å². The van der Waals surface area contributed by atoms with E-state index in [1.807, 2.05) is 0 Å². The molecule has 2 nitrogen and oxygen atoms in total. The van der Waals surface area contributed by atoms with Crippen molar-refractivity contribution in [1.29, 1.82) is 0 Å². The first-order valence-electron chi connectivity index (χ1n) is 7.41. The fraction of sp³-hybridized carbons (Fsp3) is 1.00. The van der Waals surface area contributed by atoms with Gasteiger partial charge in [0.05, 0.1) is 0 Å². The molecule has 1 heterocycles. The lowest BCUT2D eigenvalue weighted by Gasteiger charge is -2.30. The number of hydrogen-bond donors (Lipinski definition) is 1. The number of hydrogen-bond acceptors (Lipinski definition) is 3. The van der Waals surface area contributed by atoms with Crippen LogP contribution in [0.5, 0.6) is 0 Å². The van der Waals surface area contributed by atoms with Gasteiger partial charge in [0.1, 0.15) is 0 Å². The highest BCUT2D eigenvalue weighted by atomic mass is 32.2. The van der Waals surface area contributed by atoms with Gasteiger partial charge in [-0.05, 0) is 38.5 Å². The Kier molecular flexibility index (Phi) is 6.16. The molecule has 1 N–H and O–H groups in total. The molecular formula is C14H28N2S. The molecule has 2 fully saturated rings. The Labute approximate surface area is 111 Å². The molecule has 0 radical (unpaired) electrons. The summed E-state index contributed by atoms with van der Waals surface area (Å²) in [5.41, 5.74) is 0. The summed E-state index contributed by atoms with van der Waals surface area (Å²) in [6.45, 7) is 6.18. The van der Waals surface area contributed by atoms with Gasteiger partial charge in [0.25, 0.3) is 0 Å². The molecule has 0 amide bonds. The second-order valence-electron chi connectivity index (χ2n) is 5.59. The summed E-state index contributed by atoms with van der Waals surface area (Å²) < 4.78 is 0. The molecule has 1 saturated heterocycles. The molecule has 0 aromatic rings. The SMILES string of the molecule is CC(CNC1CCCCC1)N1CCCSCC1. The van der Waals surface area contributed by atoms with E-state index in [1.165, 1.54) is 69.7 Å². The molecule has 1 aliphatic carbocycles. The molecule has 2 rings (SSSR count). The highest BCUT2D eigenvalue weighted by molar-refractivity contribution is 7.99. The fourth-order valence-corrected chi connectivity index (χ4v) is 3.88. The summed E-state index contributed by atoms with van der Waals surface area (Å²) in [6.07, 6.45) is 8.51. The van der Waals surface area contributed by atoms with Crippen LogP contribution in [0.2, 0.25) is 0 Å². The fourth-order valence-electron chi connectivity index (χ4n) is 2.98. The van der Waals surface area contributed by atoms with Crippen LogP contribution in [-0.4, -0.2) is 48.1 Å². The summed E-state index contributed by atoms with van der Waals surface area (Å²) in [4.78, 5) is 2.68. The molecule has 1 saturated carbocycles. The lowest BCUT2D eigenvalue weighted by molar-refractivity contribution is 0.210. The van der Waals surface area contributed by atoms with Crippen LogP contribution in [0, 0.1) is 0 Å². The van der Waals surface area contributed by atoms with Gasteiger partial charge >= 0.3 is 0 Å². The average molecular weight is 256 g/mol. The van der Waals surface area contributed by atoms with Crippen molar-refractivity contribution >= 4 is 11.8 Å². The number of rotatable bonds is 4. The lowest BCUT2D eigenvalue weighted by Crippen LogP contribution is -2.44. The van der Waals surface area contributed by atoms with Gasteiger partial charge in [0, 0.05) is 30.9 Å². The van der Waals surface area contributed by atoms with E-state index in [9.17, 15) is 0 Å². The summed E-state index contributed by atoms with van der Waals surface area (Å²) in [6, 6.07) is 1.53. The molecule has 100 valence electrons. The van der Waals surface area contributed by atoms with Gasteiger partial charge in [-0.15, -0.1) is 0 Å². The van der Waals surface area contributed by atoms with Crippen LogP contribution >= 0.6 is 11.8 Å². The van der Waals surface area contributed by atoms with Crippen molar-refractivity contribution in [3.63, 3.8) is 0 Å². The molecule has 2 aliphatic rings. The van der Waals surface area contributed by atoms with E-state index in [2.05, 4.69) is 28.9 Å². The van der Waals surface area contributed by atoms with Crippen LogP contribution in [0.25, 0.3) is 0 Å². The maximum absolute atomic E-state index is 3.79. The van der Waals surface area contributed by atoms with E-state index in [-0.39, 0.29) is 0 Å².